The maximum Gasteiger partial charge on any atom is 0.193 e. The molecule has 0 bridgehead atoms. The highest BCUT2D eigenvalue weighted by atomic mass is 127. The average molecular weight is 488 g/mol. The van der Waals surface area contributed by atoms with Crippen molar-refractivity contribution in [2.24, 2.45) is 12.0 Å². The molecule has 1 aliphatic heterocycles. The van der Waals surface area contributed by atoms with Gasteiger partial charge in [0, 0.05) is 50.7 Å². The smallest absolute Gasteiger partial charge is 0.193 e. The Bertz CT molecular complexity index is 696. The molecule has 1 N–H and O–H groups in total. The molecule has 0 spiro atoms. The minimum atomic E-state index is 0. The summed E-state index contributed by atoms with van der Waals surface area (Å²) in [5, 5.41) is 10.0. The molecule has 26 heavy (non-hydrogen) atoms. The van der Waals surface area contributed by atoms with E-state index in [1.165, 1.54) is 10.4 Å². The molecular formula is C18H29IN6S. The molecule has 6 nitrogen and oxygen atoms in total. The summed E-state index contributed by atoms with van der Waals surface area (Å²) in [6.45, 7) is 2.89. The predicted octanol–water partition coefficient (Wildman–Crippen LogP) is 2.77. The average Bonchev–Trinajstić information content (AvgIpc) is 3.32. The molecule has 144 valence electrons. The maximum atomic E-state index is 4.51. The number of aryl methyl sites for hydroxylation is 1. The summed E-state index contributed by atoms with van der Waals surface area (Å²) in [4.78, 5) is 10.5. The zero-order chi connectivity index (χ0) is 17.8. The summed E-state index contributed by atoms with van der Waals surface area (Å²) < 4.78 is 1.88. The molecule has 2 aromatic heterocycles. The Morgan fingerprint density at radius 1 is 1.50 bits per heavy atom. The van der Waals surface area contributed by atoms with E-state index in [0.29, 0.717) is 12.0 Å². The molecule has 1 saturated heterocycles. The first-order chi connectivity index (χ1) is 12.1. The van der Waals surface area contributed by atoms with E-state index in [9.17, 15) is 0 Å². The number of hydrogen-bond acceptors (Lipinski definition) is 4. The molecule has 1 aliphatic rings. The van der Waals surface area contributed by atoms with Crippen molar-refractivity contribution in [2.45, 2.75) is 18.4 Å². The highest BCUT2D eigenvalue weighted by molar-refractivity contribution is 14.0. The molecule has 3 rings (SSSR count). The van der Waals surface area contributed by atoms with E-state index in [2.05, 4.69) is 63.0 Å². The van der Waals surface area contributed by atoms with E-state index in [1.807, 2.05) is 25.0 Å². The van der Waals surface area contributed by atoms with Gasteiger partial charge in [-0.25, -0.2) is 0 Å². The van der Waals surface area contributed by atoms with E-state index in [1.54, 1.807) is 11.3 Å². The number of rotatable bonds is 5. The Hall–Kier alpha value is -1.13. The minimum absolute atomic E-state index is 0. The fourth-order valence-corrected chi connectivity index (χ4v) is 4.34. The fraction of sp³-hybridized carbons (Fsp3) is 0.556. The number of thiophene rings is 1. The number of hydrogen-bond donors (Lipinski definition) is 1. The van der Waals surface area contributed by atoms with Crippen LogP contribution in [0.2, 0.25) is 0 Å². The lowest BCUT2D eigenvalue weighted by Gasteiger charge is -2.27. The van der Waals surface area contributed by atoms with Gasteiger partial charge in [0.2, 0.25) is 0 Å². The van der Waals surface area contributed by atoms with Crippen molar-refractivity contribution in [1.29, 1.82) is 0 Å². The number of aliphatic imine (C=N–C) groups is 1. The second-order valence-corrected chi connectivity index (χ2v) is 7.78. The quantitative estimate of drug-likeness (QED) is 0.400. The normalized spacial score (nSPS) is 18.9. The molecule has 0 saturated carbocycles. The Kier molecular flexibility index (Phi) is 7.90. The highest BCUT2D eigenvalue weighted by Crippen LogP contribution is 2.27. The number of nitrogens with one attached hydrogen (secondary N) is 1. The van der Waals surface area contributed by atoms with E-state index >= 15 is 0 Å². The SMILES string of the molecule is CN=C(NCC(c1cccs1)N(C)C)N1CCC(c2cnn(C)c2)C1.I. The van der Waals surface area contributed by atoms with Crippen molar-refractivity contribution >= 4 is 41.3 Å². The largest absolute Gasteiger partial charge is 0.354 e. The van der Waals surface area contributed by atoms with Crippen LogP contribution in [0, 0.1) is 0 Å². The van der Waals surface area contributed by atoms with Crippen LogP contribution in [0.1, 0.15) is 28.8 Å². The van der Waals surface area contributed by atoms with Gasteiger partial charge in [0.15, 0.2) is 5.96 Å². The van der Waals surface area contributed by atoms with E-state index in [-0.39, 0.29) is 24.0 Å². The molecule has 8 heteroatoms. The van der Waals surface area contributed by atoms with Gasteiger partial charge in [0.1, 0.15) is 0 Å². The first-order valence-electron chi connectivity index (χ1n) is 8.72. The number of nitrogens with zero attached hydrogens (tertiary/aromatic N) is 5. The number of guanidine groups is 1. The van der Waals surface area contributed by atoms with Crippen LogP contribution >= 0.6 is 35.3 Å². The zero-order valence-electron chi connectivity index (χ0n) is 15.9. The summed E-state index contributed by atoms with van der Waals surface area (Å²) >= 11 is 1.81. The Balaban J connectivity index is 0.00000243. The molecule has 3 heterocycles. The second-order valence-electron chi connectivity index (χ2n) is 6.80. The molecular weight excluding hydrogens is 459 g/mol. The molecule has 0 amide bonds. The number of likely N-dealkylation sites (N-methyl/N-ethyl adjacent to an activating group) is 1. The van der Waals surface area contributed by atoms with Crippen LogP contribution in [-0.4, -0.2) is 66.3 Å². The monoisotopic (exact) mass is 488 g/mol. The predicted molar refractivity (Wildman–Crippen MR) is 120 cm³/mol. The van der Waals surface area contributed by atoms with Crippen LogP contribution in [0.25, 0.3) is 0 Å². The molecule has 1 fully saturated rings. The highest BCUT2D eigenvalue weighted by Gasteiger charge is 2.27. The van der Waals surface area contributed by atoms with Crippen molar-refractivity contribution in [2.75, 3.05) is 40.8 Å². The van der Waals surface area contributed by atoms with Gasteiger partial charge in [-0.3, -0.25) is 9.67 Å². The van der Waals surface area contributed by atoms with Crippen LogP contribution in [0.4, 0.5) is 0 Å². The third-order valence-electron chi connectivity index (χ3n) is 4.84. The summed E-state index contributed by atoms with van der Waals surface area (Å²) in [7, 11) is 8.10. The van der Waals surface area contributed by atoms with Crippen LogP contribution in [0.5, 0.6) is 0 Å². The first-order valence-corrected chi connectivity index (χ1v) is 9.60. The lowest BCUT2D eigenvalue weighted by atomic mass is 10.0. The zero-order valence-corrected chi connectivity index (χ0v) is 19.1. The van der Waals surface area contributed by atoms with Gasteiger partial charge in [-0.2, -0.15) is 5.10 Å². The van der Waals surface area contributed by atoms with Crippen LogP contribution < -0.4 is 5.32 Å². The number of aromatic nitrogens is 2. The van der Waals surface area contributed by atoms with Crippen molar-refractivity contribution in [3.8, 4) is 0 Å². The summed E-state index contributed by atoms with van der Waals surface area (Å²) in [6.07, 6.45) is 5.26. The second kappa shape index (κ2) is 9.70. The lowest BCUT2D eigenvalue weighted by molar-refractivity contribution is 0.299. The van der Waals surface area contributed by atoms with Crippen LogP contribution in [0.3, 0.4) is 0 Å². The van der Waals surface area contributed by atoms with Crippen molar-refractivity contribution in [3.05, 3.63) is 40.3 Å². The van der Waals surface area contributed by atoms with E-state index < -0.39 is 0 Å². The van der Waals surface area contributed by atoms with Gasteiger partial charge in [-0.15, -0.1) is 35.3 Å². The lowest BCUT2D eigenvalue weighted by Crippen LogP contribution is -2.43. The van der Waals surface area contributed by atoms with Crippen molar-refractivity contribution in [3.63, 3.8) is 0 Å². The molecule has 0 radical (unpaired) electrons. The minimum Gasteiger partial charge on any atom is -0.354 e. The number of likely N-dealkylation sites (tertiary alicyclic amines) is 1. The van der Waals surface area contributed by atoms with Crippen LogP contribution in [-0.2, 0) is 7.05 Å². The van der Waals surface area contributed by atoms with Gasteiger partial charge >= 0.3 is 0 Å². The molecule has 2 aromatic rings. The van der Waals surface area contributed by atoms with Gasteiger partial charge in [-0.05, 0) is 37.5 Å². The third kappa shape index (κ3) is 4.98. The molecule has 0 aromatic carbocycles. The van der Waals surface area contributed by atoms with Gasteiger partial charge in [-0.1, -0.05) is 6.07 Å². The van der Waals surface area contributed by atoms with E-state index in [4.69, 9.17) is 0 Å². The molecule has 0 aliphatic carbocycles. The van der Waals surface area contributed by atoms with Gasteiger partial charge in [0.25, 0.3) is 0 Å². The standard InChI is InChI=1S/C18H28N6S.HI/c1-19-18(20-11-16(22(2)3)17-6-5-9-25-17)24-8-7-14(13-24)15-10-21-23(4)12-15;/h5-6,9-10,12,14,16H,7-8,11,13H2,1-4H3,(H,19,20);1H. The maximum absolute atomic E-state index is 4.51. The number of halogens is 1. The van der Waals surface area contributed by atoms with Crippen LogP contribution in [0.15, 0.2) is 34.9 Å². The molecule has 2 unspecified atom stereocenters. The summed E-state index contributed by atoms with van der Waals surface area (Å²) in [5.74, 6) is 1.53. The third-order valence-corrected chi connectivity index (χ3v) is 5.82. The summed E-state index contributed by atoms with van der Waals surface area (Å²) in [5.41, 5.74) is 1.32. The van der Waals surface area contributed by atoms with E-state index in [0.717, 1.165) is 32.0 Å². The Morgan fingerprint density at radius 2 is 2.31 bits per heavy atom. The topological polar surface area (TPSA) is 48.7 Å². The van der Waals surface area contributed by atoms with Gasteiger partial charge < -0.3 is 15.1 Å². The van der Waals surface area contributed by atoms with Gasteiger partial charge in [0.05, 0.1) is 12.2 Å². The Labute approximate surface area is 177 Å². The first kappa shape index (κ1) is 21.2. The molecule has 2 atom stereocenters. The summed E-state index contributed by atoms with van der Waals surface area (Å²) in [6, 6.07) is 4.67. The van der Waals surface area contributed by atoms with Crippen molar-refractivity contribution < 1.29 is 0 Å². The Morgan fingerprint density at radius 3 is 2.88 bits per heavy atom. The fourth-order valence-electron chi connectivity index (χ4n) is 3.41. The van der Waals surface area contributed by atoms with Crippen molar-refractivity contribution in [1.82, 2.24) is 24.9 Å².